The molecule has 0 unspecified atom stereocenters. The molecule has 0 atom stereocenters. The standard InChI is InChI=1S/C16H13N3/c1-18-14-9-5-6-10-15(14)19-16(18)11-13(17-19)12-7-3-2-4-8-12/h2-11H,1H3. The number of rotatable bonds is 1. The number of aromatic nitrogens is 3. The molecule has 0 radical (unpaired) electrons. The smallest absolute Gasteiger partial charge is 0.137 e. The highest BCUT2D eigenvalue weighted by atomic mass is 15.3. The SMILES string of the molecule is Cn1c2ccccc2n2nc(-c3ccccc3)cc12. The van der Waals surface area contributed by atoms with Crippen molar-refractivity contribution >= 4 is 16.7 Å². The van der Waals surface area contributed by atoms with Crippen LogP contribution in [0.25, 0.3) is 27.9 Å². The number of hydrogen-bond donors (Lipinski definition) is 0. The van der Waals surface area contributed by atoms with Gasteiger partial charge in [0.2, 0.25) is 0 Å². The van der Waals surface area contributed by atoms with E-state index < -0.39 is 0 Å². The number of fused-ring (bicyclic) bond motifs is 3. The van der Waals surface area contributed by atoms with Crippen LogP contribution in [0.5, 0.6) is 0 Å². The summed E-state index contributed by atoms with van der Waals surface area (Å²) in [7, 11) is 2.08. The molecule has 0 saturated heterocycles. The summed E-state index contributed by atoms with van der Waals surface area (Å²) in [5.74, 6) is 0. The fourth-order valence-corrected chi connectivity index (χ4v) is 2.59. The van der Waals surface area contributed by atoms with Gasteiger partial charge in [0.15, 0.2) is 0 Å². The van der Waals surface area contributed by atoms with E-state index in [1.165, 1.54) is 5.52 Å². The molecule has 2 heterocycles. The predicted molar refractivity (Wildman–Crippen MR) is 77.1 cm³/mol. The van der Waals surface area contributed by atoms with Gasteiger partial charge in [0.1, 0.15) is 5.65 Å². The molecule has 4 rings (SSSR count). The van der Waals surface area contributed by atoms with E-state index in [9.17, 15) is 0 Å². The number of hydrogen-bond acceptors (Lipinski definition) is 1. The molecule has 2 aromatic carbocycles. The van der Waals surface area contributed by atoms with Crippen molar-refractivity contribution in [2.45, 2.75) is 0 Å². The Kier molecular flexibility index (Phi) is 2.03. The number of aryl methyl sites for hydroxylation is 1. The molecule has 0 bridgehead atoms. The summed E-state index contributed by atoms with van der Waals surface area (Å²) in [5.41, 5.74) is 5.61. The molecule has 19 heavy (non-hydrogen) atoms. The fraction of sp³-hybridized carbons (Fsp3) is 0.0625. The first-order chi connectivity index (χ1) is 9.34. The maximum atomic E-state index is 4.73. The monoisotopic (exact) mass is 247 g/mol. The van der Waals surface area contributed by atoms with Gasteiger partial charge in [-0.3, -0.25) is 0 Å². The Balaban J connectivity index is 2.05. The molecule has 0 fully saturated rings. The number of nitrogens with zero attached hydrogens (tertiary/aromatic N) is 3. The molecule has 0 N–H and O–H groups in total. The summed E-state index contributed by atoms with van der Waals surface area (Å²) in [6.07, 6.45) is 0. The highest BCUT2D eigenvalue weighted by Crippen LogP contribution is 2.24. The van der Waals surface area contributed by atoms with Gasteiger partial charge in [-0.2, -0.15) is 5.10 Å². The zero-order valence-corrected chi connectivity index (χ0v) is 10.6. The second-order valence-corrected chi connectivity index (χ2v) is 4.71. The minimum atomic E-state index is 1.01. The van der Waals surface area contributed by atoms with Crippen molar-refractivity contribution in [3.8, 4) is 11.3 Å². The largest absolute Gasteiger partial charge is 0.327 e. The van der Waals surface area contributed by atoms with Crippen molar-refractivity contribution in [1.82, 2.24) is 14.2 Å². The quantitative estimate of drug-likeness (QED) is 0.504. The van der Waals surface area contributed by atoms with Crippen LogP contribution in [-0.4, -0.2) is 14.2 Å². The van der Waals surface area contributed by atoms with Crippen LogP contribution in [-0.2, 0) is 7.05 Å². The van der Waals surface area contributed by atoms with Gasteiger partial charge in [0.25, 0.3) is 0 Å². The second kappa shape index (κ2) is 3.72. The molecule has 4 aromatic rings. The second-order valence-electron chi connectivity index (χ2n) is 4.71. The molecule has 92 valence electrons. The molecule has 0 spiro atoms. The Bertz CT molecular complexity index is 869. The average molecular weight is 247 g/mol. The lowest BCUT2D eigenvalue weighted by atomic mass is 10.2. The van der Waals surface area contributed by atoms with E-state index in [1.807, 2.05) is 28.8 Å². The first kappa shape index (κ1) is 10.4. The van der Waals surface area contributed by atoms with E-state index in [-0.39, 0.29) is 0 Å². The molecule has 0 aliphatic heterocycles. The maximum absolute atomic E-state index is 4.73. The number of benzene rings is 2. The Morgan fingerprint density at radius 3 is 2.32 bits per heavy atom. The molecular formula is C16H13N3. The van der Waals surface area contributed by atoms with Crippen LogP contribution in [0.3, 0.4) is 0 Å². The van der Waals surface area contributed by atoms with Crippen molar-refractivity contribution in [2.24, 2.45) is 7.05 Å². The summed E-state index contributed by atoms with van der Waals surface area (Å²) in [5, 5.41) is 4.73. The van der Waals surface area contributed by atoms with Gasteiger partial charge in [-0.25, -0.2) is 4.52 Å². The summed E-state index contributed by atoms with van der Waals surface area (Å²) < 4.78 is 4.19. The fourth-order valence-electron chi connectivity index (χ4n) is 2.59. The molecule has 3 nitrogen and oxygen atoms in total. The molecule has 0 aliphatic carbocycles. The number of para-hydroxylation sites is 2. The van der Waals surface area contributed by atoms with E-state index in [2.05, 4.69) is 48.0 Å². The minimum Gasteiger partial charge on any atom is -0.327 e. The van der Waals surface area contributed by atoms with Crippen molar-refractivity contribution in [1.29, 1.82) is 0 Å². The van der Waals surface area contributed by atoms with Crippen LogP contribution in [0.2, 0.25) is 0 Å². The van der Waals surface area contributed by atoms with Gasteiger partial charge in [0, 0.05) is 18.7 Å². The normalized spacial score (nSPS) is 11.4. The minimum absolute atomic E-state index is 1.01. The lowest BCUT2D eigenvalue weighted by molar-refractivity contribution is 0.951. The number of imidazole rings is 1. The van der Waals surface area contributed by atoms with E-state index in [0.717, 1.165) is 22.4 Å². The van der Waals surface area contributed by atoms with E-state index in [0.29, 0.717) is 0 Å². The molecule has 3 heteroatoms. The summed E-state index contributed by atoms with van der Waals surface area (Å²) in [6, 6.07) is 20.7. The molecule has 2 aromatic heterocycles. The van der Waals surface area contributed by atoms with E-state index >= 15 is 0 Å². The maximum Gasteiger partial charge on any atom is 0.137 e. The van der Waals surface area contributed by atoms with E-state index in [4.69, 9.17) is 5.10 Å². The van der Waals surface area contributed by atoms with Crippen molar-refractivity contribution in [3.63, 3.8) is 0 Å². The third kappa shape index (κ3) is 1.41. The Morgan fingerprint density at radius 2 is 1.53 bits per heavy atom. The zero-order valence-electron chi connectivity index (χ0n) is 10.6. The Morgan fingerprint density at radius 1 is 0.842 bits per heavy atom. The predicted octanol–water partition coefficient (Wildman–Crippen LogP) is 3.49. The van der Waals surface area contributed by atoms with Crippen LogP contribution in [0.1, 0.15) is 0 Å². The lowest BCUT2D eigenvalue weighted by Crippen LogP contribution is -1.85. The van der Waals surface area contributed by atoms with E-state index in [1.54, 1.807) is 0 Å². The highest BCUT2D eigenvalue weighted by molar-refractivity contribution is 5.82. The molecule has 0 amide bonds. The van der Waals surface area contributed by atoms with Gasteiger partial charge >= 0.3 is 0 Å². The summed E-state index contributed by atoms with van der Waals surface area (Å²) in [6.45, 7) is 0. The van der Waals surface area contributed by atoms with Crippen LogP contribution >= 0.6 is 0 Å². The third-order valence-electron chi connectivity index (χ3n) is 3.58. The van der Waals surface area contributed by atoms with Crippen molar-refractivity contribution in [2.75, 3.05) is 0 Å². The van der Waals surface area contributed by atoms with Gasteiger partial charge in [-0.05, 0) is 12.1 Å². The van der Waals surface area contributed by atoms with Crippen LogP contribution in [0.4, 0.5) is 0 Å². The first-order valence-electron chi connectivity index (χ1n) is 6.33. The Labute approximate surface area is 110 Å². The third-order valence-corrected chi connectivity index (χ3v) is 3.58. The average Bonchev–Trinajstić information content (AvgIpc) is 3.01. The van der Waals surface area contributed by atoms with Gasteiger partial charge < -0.3 is 4.57 Å². The Hall–Kier alpha value is -2.55. The first-order valence-corrected chi connectivity index (χ1v) is 6.33. The summed E-state index contributed by atoms with van der Waals surface area (Å²) in [4.78, 5) is 0. The molecule has 0 saturated carbocycles. The summed E-state index contributed by atoms with van der Waals surface area (Å²) >= 11 is 0. The van der Waals surface area contributed by atoms with Gasteiger partial charge in [-0.15, -0.1) is 0 Å². The van der Waals surface area contributed by atoms with Crippen molar-refractivity contribution < 1.29 is 0 Å². The van der Waals surface area contributed by atoms with Gasteiger partial charge in [0.05, 0.1) is 16.7 Å². The molecule has 0 aliphatic rings. The van der Waals surface area contributed by atoms with Gasteiger partial charge in [-0.1, -0.05) is 42.5 Å². The lowest BCUT2D eigenvalue weighted by Gasteiger charge is -1.96. The topological polar surface area (TPSA) is 22.2 Å². The molecular weight excluding hydrogens is 234 g/mol. The van der Waals surface area contributed by atoms with Crippen LogP contribution in [0, 0.1) is 0 Å². The van der Waals surface area contributed by atoms with Crippen LogP contribution < -0.4 is 0 Å². The van der Waals surface area contributed by atoms with Crippen LogP contribution in [0.15, 0.2) is 60.7 Å². The highest BCUT2D eigenvalue weighted by Gasteiger charge is 2.11. The zero-order chi connectivity index (χ0) is 12.8. The van der Waals surface area contributed by atoms with Crippen molar-refractivity contribution in [3.05, 3.63) is 60.7 Å².